The zero-order valence-corrected chi connectivity index (χ0v) is 10.2. The van der Waals surface area contributed by atoms with Gasteiger partial charge in [0.1, 0.15) is 11.6 Å². The van der Waals surface area contributed by atoms with Gasteiger partial charge in [-0.15, -0.1) is 0 Å². The van der Waals surface area contributed by atoms with Crippen molar-refractivity contribution in [2.75, 3.05) is 6.54 Å². The highest BCUT2D eigenvalue weighted by molar-refractivity contribution is 5.86. The van der Waals surface area contributed by atoms with Crippen LogP contribution in [0.5, 0.6) is 0 Å². The van der Waals surface area contributed by atoms with Gasteiger partial charge in [-0.1, -0.05) is 12.8 Å². The van der Waals surface area contributed by atoms with E-state index in [1.165, 1.54) is 0 Å². The summed E-state index contributed by atoms with van der Waals surface area (Å²) in [5, 5.41) is 3.17. The van der Waals surface area contributed by atoms with Crippen molar-refractivity contribution in [1.82, 2.24) is 5.32 Å². The Hall–Kier alpha value is -1.29. The Morgan fingerprint density at radius 2 is 2.11 bits per heavy atom. The van der Waals surface area contributed by atoms with Crippen LogP contribution >= 0.6 is 0 Å². The maximum absolute atomic E-state index is 13.4. The van der Waals surface area contributed by atoms with Crippen molar-refractivity contribution in [1.29, 1.82) is 0 Å². The number of hydrogen-bond donors (Lipinski definition) is 1. The van der Waals surface area contributed by atoms with Crippen LogP contribution in [-0.4, -0.2) is 18.4 Å². The van der Waals surface area contributed by atoms with Crippen LogP contribution in [0.3, 0.4) is 0 Å². The van der Waals surface area contributed by atoms with E-state index in [1.807, 2.05) is 0 Å². The molecule has 0 aromatic heterocycles. The third-order valence-electron chi connectivity index (χ3n) is 3.32. The molecule has 4 heteroatoms. The normalized spacial score (nSPS) is 20.4. The van der Waals surface area contributed by atoms with Gasteiger partial charge in [0.15, 0.2) is 5.78 Å². The highest BCUT2D eigenvalue weighted by Gasteiger charge is 2.20. The van der Waals surface area contributed by atoms with Gasteiger partial charge in [0, 0.05) is 6.42 Å². The quantitative estimate of drug-likeness (QED) is 0.897. The number of hydrogen-bond acceptors (Lipinski definition) is 2. The van der Waals surface area contributed by atoms with Crippen molar-refractivity contribution in [2.24, 2.45) is 0 Å². The van der Waals surface area contributed by atoms with Crippen LogP contribution < -0.4 is 5.32 Å². The molecule has 1 atom stereocenters. The second kappa shape index (κ2) is 6.05. The number of halogens is 2. The monoisotopic (exact) mass is 253 g/mol. The van der Waals surface area contributed by atoms with Crippen molar-refractivity contribution < 1.29 is 13.6 Å². The third-order valence-corrected chi connectivity index (χ3v) is 3.32. The van der Waals surface area contributed by atoms with E-state index in [4.69, 9.17) is 0 Å². The number of ketones is 1. The topological polar surface area (TPSA) is 29.1 Å². The summed E-state index contributed by atoms with van der Waals surface area (Å²) in [6.07, 6.45) is 3.94. The molecular formula is C14H17F2NO. The van der Waals surface area contributed by atoms with Crippen molar-refractivity contribution in [2.45, 2.75) is 38.1 Å². The highest BCUT2D eigenvalue weighted by atomic mass is 19.1. The van der Waals surface area contributed by atoms with Crippen LogP contribution in [0.4, 0.5) is 8.78 Å². The zero-order valence-electron chi connectivity index (χ0n) is 10.2. The molecule has 0 aliphatic carbocycles. The molecule has 1 heterocycles. The molecule has 0 radical (unpaired) electrons. The minimum Gasteiger partial charge on any atom is -0.307 e. The van der Waals surface area contributed by atoms with Crippen LogP contribution in [-0.2, 0) is 11.2 Å². The summed E-state index contributed by atoms with van der Waals surface area (Å²) >= 11 is 0. The summed E-state index contributed by atoms with van der Waals surface area (Å²) in [6, 6.07) is 3.02. The fraction of sp³-hybridized carbons (Fsp3) is 0.500. The molecule has 18 heavy (non-hydrogen) atoms. The molecule has 1 aliphatic rings. The van der Waals surface area contributed by atoms with Gasteiger partial charge in [-0.25, -0.2) is 8.78 Å². The Morgan fingerprint density at radius 1 is 1.28 bits per heavy atom. The lowest BCUT2D eigenvalue weighted by Gasteiger charge is -2.14. The lowest BCUT2D eigenvalue weighted by Crippen LogP contribution is -2.37. The smallest absolute Gasteiger partial charge is 0.154 e. The Labute approximate surface area is 105 Å². The number of rotatable bonds is 3. The van der Waals surface area contributed by atoms with Crippen molar-refractivity contribution >= 4 is 5.78 Å². The molecule has 1 aromatic rings. The molecule has 0 amide bonds. The highest BCUT2D eigenvalue weighted by Crippen LogP contribution is 2.14. The number of carbonyl (C=O) groups is 1. The van der Waals surface area contributed by atoms with E-state index in [2.05, 4.69) is 5.32 Å². The average molecular weight is 253 g/mol. The summed E-state index contributed by atoms with van der Waals surface area (Å²) < 4.78 is 26.4. The standard InChI is InChI=1S/C14H17F2NO/c15-11-5-6-12(16)10(8-11)9-14(18)13-4-2-1-3-7-17-13/h5-6,8,13,17H,1-4,7,9H2. The molecule has 0 saturated carbocycles. The average Bonchev–Trinajstić information content (AvgIpc) is 2.62. The maximum atomic E-state index is 13.4. The van der Waals surface area contributed by atoms with Gasteiger partial charge in [0.05, 0.1) is 6.04 Å². The minimum atomic E-state index is -0.515. The lowest BCUT2D eigenvalue weighted by atomic mass is 10.00. The molecule has 1 unspecified atom stereocenters. The first-order valence-electron chi connectivity index (χ1n) is 6.37. The van der Waals surface area contributed by atoms with Crippen LogP contribution in [0.25, 0.3) is 0 Å². The second-order valence-electron chi connectivity index (χ2n) is 4.73. The van der Waals surface area contributed by atoms with Crippen molar-refractivity contribution in [3.05, 3.63) is 35.4 Å². The molecule has 1 saturated heterocycles. The van der Waals surface area contributed by atoms with E-state index >= 15 is 0 Å². The molecule has 1 N–H and O–H groups in total. The first-order chi connectivity index (χ1) is 8.66. The SMILES string of the molecule is O=C(Cc1cc(F)ccc1F)C1CCCCCN1. The molecular weight excluding hydrogens is 236 g/mol. The molecule has 0 bridgehead atoms. The van der Waals surface area contributed by atoms with Gasteiger partial charge in [0.25, 0.3) is 0 Å². The largest absolute Gasteiger partial charge is 0.307 e. The summed E-state index contributed by atoms with van der Waals surface area (Å²) in [7, 11) is 0. The zero-order chi connectivity index (χ0) is 13.0. The first kappa shape index (κ1) is 13.1. The Morgan fingerprint density at radius 3 is 2.94 bits per heavy atom. The van der Waals surface area contributed by atoms with Crippen molar-refractivity contribution in [3.63, 3.8) is 0 Å². The fourth-order valence-electron chi connectivity index (χ4n) is 2.29. The van der Waals surface area contributed by atoms with Crippen LogP contribution in [0.15, 0.2) is 18.2 Å². The fourth-order valence-corrected chi connectivity index (χ4v) is 2.29. The summed E-state index contributed by atoms with van der Waals surface area (Å²) in [5.41, 5.74) is 0.144. The molecule has 98 valence electrons. The Kier molecular flexibility index (Phi) is 4.42. The van der Waals surface area contributed by atoms with E-state index < -0.39 is 11.6 Å². The predicted molar refractivity (Wildman–Crippen MR) is 65.3 cm³/mol. The molecule has 1 fully saturated rings. The predicted octanol–water partition coefficient (Wildman–Crippen LogP) is 2.61. The Bertz CT molecular complexity index is 426. The summed E-state index contributed by atoms with van der Waals surface area (Å²) in [4.78, 5) is 12.0. The number of carbonyl (C=O) groups excluding carboxylic acids is 1. The molecule has 0 spiro atoms. The van der Waals surface area contributed by atoms with Gasteiger partial charge in [-0.3, -0.25) is 4.79 Å². The lowest BCUT2D eigenvalue weighted by molar-refractivity contribution is -0.120. The maximum Gasteiger partial charge on any atom is 0.154 e. The van der Waals surface area contributed by atoms with Crippen molar-refractivity contribution in [3.8, 4) is 0 Å². The molecule has 2 nitrogen and oxygen atoms in total. The van der Waals surface area contributed by atoms with Gasteiger partial charge < -0.3 is 5.32 Å². The van der Waals surface area contributed by atoms with E-state index in [9.17, 15) is 13.6 Å². The summed E-state index contributed by atoms with van der Waals surface area (Å²) in [6.45, 7) is 0.821. The molecule has 1 aliphatic heterocycles. The van der Waals surface area contributed by atoms with E-state index in [0.29, 0.717) is 0 Å². The number of Topliss-reactive ketones (excluding diaryl/α,β-unsaturated/α-hetero) is 1. The third kappa shape index (κ3) is 3.35. The van der Waals surface area contributed by atoms with E-state index in [1.54, 1.807) is 0 Å². The van der Waals surface area contributed by atoms with E-state index in [0.717, 1.165) is 50.4 Å². The molecule has 1 aromatic carbocycles. The number of benzene rings is 1. The van der Waals surface area contributed by atoms with Gasteiger partial charge in [-0.2, -0.15) is 0 Å². The van der Waals surface area contributed by atoms with Crippen LogP contribution in [0.2, 0.25) is 0 Å². The minimum absolute atomic E-state index is 0.0404. The van der Waals surface area contributed by atoms with E-state index in [-0.39, 0.29) is 23.8 Å². The van der Waals surface area contributed by atoms with Gasteiger partial charge >= 0.3 is 0 Å². The second-order valence-corrected chi connectivity index (χ2v) is 4.73. The number of nitrogens with one attached hydrogen (secondary N) is 1. The molecule has 2 rings (SSSR count). The van der Waals surface area contributed by atoms with Gasteiger partial charge in [0.2, 0.25) is 0 Å². The van der Waals surface area contributed by atoms with Gasteiger partial charge in [-0.05, 0) is 43.1 Å². The van der Waals surface area contributed by atoms with Crippen LogP contribution in [0, 0.1) is 11.6 Å². The Balaban J connectivity index is 2.03. The summed E-state index contributed by atoms with van der Waals surface area (Å²) in [5.74, 6) is -1.08. The van der Waals surface area contributed by atoms with Crippen LogP contribution in [0.1, 0.15) is 31.2 Å². The first-order valence-corrected chi connectivity index (χ1v) is 6.37.